The van der Waals surface area contributed by atoms with Crippen LogP contribution in [0.1, 0.15) is 22.3 Å². The molecule has 2 rings (SSSR count). The zero-order valence-corrected chi connectivity index (χ0v) is 15.3. The van der Waals surface area contributed by atoms with Gasteiger partial charge in [0.15, 0.2) is 0 Å². The Bertz CT molecular complexity index is 738. The van der Waals surface area contributed by atoms with Gasteiger partial charge in [0.25, 0.3) is 5.91 Å². The predicted molar refractivity (Wildman–Crippen MR) is 99.9 cm³/mol. The minimum Gasteiger partial charge on any atom is -0.495 e. The number of anilines is 2. The van der Waals surface area contributed by atoms with Crippen molar-refractivity contribution in [2.45, 2.75) is 13.3 Å². The van der Waals surface area contributed by atoms with E-state index in [0.717, 1.165) is 24.2 Å². The second-order valence-corrected chi connectivity index (χ2v) is 5.90. The van der Waals surface area contributed by atoms with Gasteiger partial charge in [0, 0.05) is 43.7 Å². The Labute approximate surface area is 152 Å². The molecule has 0 radical (unpaired) electrons. The van der Waals surface area contributed by atoms with Crippen LogP contribution in [0.15, 0.2) is 30.6 Å². The lowest BCUT2D eigenvalue weighted by molar-refractivity contribution is 0.102. The van der Waals surface area contributed by atoms with E-state index in [4.69, 9.17) is 21.1 Å². The van der Waals surface area contributed by atoms with Gasteiger partial charge in [-0.3, -0.25) is 9.78 Å². The number of nitrogens with zero attached hydrogens (tertiary/aromatic N) is 1. The first-order chi connectivity index (χ1) is 12.0. The maximum atomic E-state index is 12.5. The molecule has 1 aromatic heterocycles. The molecular formula is C18H22ClN3O3. The quantitative estimate of drug-likeness (QED) is 0.699. The number of carbonyl (C=O) groups is 1. The van der Waals surface area contributed by atoms with E-state index in [2.05, 4.69) is 15.6 Å². The smallest absolute Gasteiger partial charge is 0.257 e. The summed E-state index contributed by atoms with van der Waals surface area (Å²) in [6, 6.07) is 5.21. The fraction of sp³-hybridized carbons (Fsp3) is 0.333. The van der Waals surface area contributed by atoms with Crippen LogP contribution in [-0.2, 0) is 4.74 Å². The molecule has 6 nitrogen and oxygen atoms in total. The maximum absolute atomic E-state index is 12.5. The van der Waals surface area contributed by atoms with Crippen molar-refractivity contribution < 1.29 is 14.3 Å². The molecule has 0 bridgehead atoms. The molecule has 0 aliphatic heterocycles. The molecule has 0 aliphatic rings. The number of aryl methyl sites for hydroxylation is 1. The standard InChI is InChI=1S/C18H22ClN3O3/c1-12-7-16(17(25-3)9-15(12)19)22-18(23)13-8-14(11-20-10-13)21-5-4-6-24-2/h7-11,21H,4-6H2,1-3H3,(H,22,23). The Morgan fingerprint density at radius 3 is 2.76 bits per heavy atom. The van der Waals surface area contributed by atoms with Crippen molar-refractivity contribution in [2.75, 3.05) is 38.0 Å². The first kappa shape index (κ1) is 19.0. The summed E-state index contributed by atoms with van der Waals surface area (Å²) in [5.74, 6) is 0.235. The second-order valence-electron chi connectivity index (χ2n) is 5.49. The molecule has 134 valence electrons. The molecule has 0 spiro atoms. The normalized spacial score (nSPS) is 10.4. The summed E-state index contributed by atoms with van der Waals surface area (Å²) in [5, 5.41) is 6.63. The molecule has 2 aromatic rings. The summed E-state index contributed by atoms with van der Waals surface area (Å²) in [6.45, 7) is 3.28. The molecule has 0 aliphatic carbocycles. The zero-order chi connectivity index (χ0) is 18.2. The van der Waals surface area contributed by atoms with E-state index in [-0.39, 0.29) is 5.91 Å². The Kier molecular flexibility index (Phi) is 7.03. The van der Waals surface area contributed by atoms with Gasteiger partial charge < -0.3 is 20.1 Å². The molecule has 0 fully saturated rings. The average molecular weight is 364 g/mol. The summed E-state index contributed by atoms with van der Waals surface area (Å²) in [4.78, 5) is 16.6. The van der Waals surface area contributed by atoms with Crippen molar-refractivity contribution in [3.8, 4) is 5.75 Å². The summed E-state index contributed by atoms with van der Waals surface area (Å²) >= 11 is 6.09. The van der Waals surface area contributed by atoms with Gasteiger partial charge in [0.2, 0.25) is 0 Å². The fourth-order valence-corrected chi connectivity index (χ4v) is 2.39. The van der Waals surface area contributed by atoms with Gasteiger partial charge in [-0.25, -0.2) is 0 Å². The van der Waals surface area contributed by atoms with Crippen molar-refractivity contribution >= 4 is 28.9 Å². The number of hydrogen-bond donors (Lipinski definition) is 2. The van der Waals surface area contributed by atoms with Crippen LogP contribution in [-0.4, -0.2) is 38.3 Å². The van der Waals surface area contributed by atoms with E-state index in [0.29, 0.717) is 28.6 Å². The van der Waals surface area contributed by atoms with Crippen LogP contribution in [0.3, 0.4) is 0 Å². The Balaban J connectivity index is 2.09. The molecular weight excluding hydrogens is 342 g/mol. The molecule has 25 heavy (non-hydrogen) atoms. The first-order valence-electron chi connectivity index (χ1n) is 7.88. The van der Waals surface area contributed by atoms with Crippen molar-refractivity contribution in [3.05, 3.63) is 46.7 Å². The van der Waals surface area contributed by atoms with Crippen LogP contribution in [0, 0.1) is 6.92 Å². The molecule has 0 saturated heterocycles. The number of methoxy groups -OCH3 is 2. The number of amides is 1. The minimum absolute atomic E-state index is 0.270. The second kappa shape index (κ2) is 9.25. The number of halogens is 1. The van der Waals surface area contributed by atoms with Gasteiger partial charge in [-0.15, -0.1) is 0 Å². The van der Waals surface area contributed by atoms with Gasteiger partial charge in [0.1, 0.15) is 5.75 Å². The van der Waals surface area contributed by atoms with Crippen LogP contribution in [0.2, 0.25) is 5.02 Å². The van der Waals surface area contributed by atoms with Crippen LogP contribution in [0.5, 0.6) is 5.75 Å². The van der Waals surface area contributed by atoms with Crippen molar-refractivity contribution in [2.24, 2.45) is 0 Å². The van der Waals surface area contributed by atoms with E-state index in [1.807, 2.05) is 6.92 Å². The lowest BCUT2D eigenvalue weighted by atomic mass is 10.2. The molecule has 2 N–H and O–H groups in total. The van der Waals surface area contributed by atoms with E-state index in [1.165, 1.54) is 13.3 Å². The largest absolute Gasteiger partial charge is 0.495 e. The highest BCUT2D eigenvalue weighted by molar-refractivity contribution is 6.31. The van der Waals surface area contributed by atoms with Gasteiger partial charge in [0.05, 0.1) is 24.0 Å². The summed E-state index contributed by atoms with van der Waals surface area (Å²) in [6.07, 6.45) is 4.07. The monoisotopic (exact) mass is 363 g/mol. The minimum atomic E-state index is -0.270. The first-order valence-corrected chi connectivity index (χ1v) is 8.26. The van der Waals surface area contributed by atoms with E-state index < -0.39 is 0 Å². The average Bonchev–Trinajstić information content (AvgIpc) is 2.62. The van der Waals surface area contributed by atoms with E-state index >= 15 is 0 Å². The third-order valence-corrected chi connectivity index (χ3v) is 3.99. The van der Waals surface area contributed by atoms with Gasteiger partial charge in [-0.2, -0.15) is 0 Å². The molecule has 0 atom stereocenters. The number of benzene rings is 1. The number of rotatable bonds is 8. The molecule has 7 heteroatoms. The van der Waals surface area contributed by atoms with Crippen molar-refractivity contribution in [1.29, 1.82) is 0 Å². The SMILES string of the molecule is COCCCNc1cncc(C(=O)Nc2cc(C)c(Cl)cc2OC)c1. The van der Waals surface area contributed by atoms with Crippen LogP contribution >= 0.6 is 11.6 Å². The third-order valence-electron chi connectivity index (χ3n) is 3.58. The van der Waals surface area contributed by atoms with Gasteiger partial charge in [-0.05, 0) is 31.0 Å². The summed E-state index contributed by atoms with van der Waals surface area (Å²) < 4.78 is 10.3. The topological polar surface area (TPSA) is 72.5 Å². The zero-order valence-electron chi connectivity index (χ0n) is 14.6. The van der Waals surface area contributed by atoms with E-state index in [9.17, 15) is 4.79 Å². The van der Waals surface area contributed by atoms with Crippen LogP contribution < -0.4 is 15.4 Å². The molecule has 1 heterocycles. The number of ether oxygens (including phenoxy) is 2. The Morgan fingerprint density at radius 2 is 2.04 bits per heavy atom. The number of hydrogen-bond acceptors (Lipinski definition) is 5. The Morgan fingerprint density at radius 1 is 1.24 bits per heavy atom. The Hall–Kier alpha value is -2.31. The summed E-state index contributed by atoms with van der Waals surface area (Å²) in [5.41, 5.74) is 2.65. The fourth-order valence-electron chi connectivity index (χ4n) is 2.23. The number of nitrogens with one attached hydrogen (secondary N) is 2. The van der Waals surface area contributed by atoms with Crippen LogP contribution in [0.25, 0.3) is 0 Å². The lowest BCUT2D eigenvalue weighted by Crippen LogP contribution is -2.14. The molecule has 1 aromatic carbocycles. The van der Waals surface area contributed by atoms with Crippen LogP contribution in [0.4, 0.5) is 11.4 Å². The number of carbonyl (C=O) groups excluding carboxylic acids is 1. The lowest BCUT2D eigenvalue weighted by Gasteiger charge is -2.13. The van der Waals surface area contributed by atoms with Crippen molar-refractivity contribution in [1.82, 2.24) is 4.98 Å². The van der Waals surface area contributed by atoms with Gasteiger partial charge in [-0.1, -0.05) is 11.6 Å². The van der Waals surface area contributed by atoms with E-state index in [1.54, 1.807) is 31.5 Å². The maximum Gasteiger partial charge on any atom is 0.257 e. The predicted octanol–water partition coefficient (Wildman–Crippen LogP) is 3.75. The molecule has 1 amide bonds. The number of pyridine rings is 1. The third kappa shape index (κ3) is 5.34. The highest BCUT2D eigenvalue weighted by Gasteiger charge is 2.12. The highest BCUT2D eigenvalue weighted by Crippen LogP contribution is 2.31. The van der Waals surface area contributed by atoms with Crippen molar-refractivity contribution in [3.63, 3.8) is 0 Å². The molecule has 0 unspecified atom stereocenters. The number of aromatic nitrogens is 1. The highest BCUT2D eigenvalue weighted by atomic mass is 35.5. The molecule has 0 saturated carbocycles. The van der Waals surface area contributed by atoms with Gasteiger partial charge >= 0.3 is 0 Å². The summed E-state index contributed by atoms with van der Waals surface area (Å²) in [7, 11) is 3.20.